The first-order valence-corrected chi connectivity index (χ1v) is 6.53. The first kappa shape index (κ1) is 14.1. The van der Waals surface area contributed by atoms with E-state index in [4.69, 9.17) is 5.73 Å². The summed E-state index contributed by atoms with van der Waals surface area (Å²) in [6.45, 7) is 4.04. The first-order valence-electron chi connectivity index (χ1n) is 6.53. The maximum atomic E-state index is 12.5. The number of amides is 1. The molecule has 5 heteroatoms. The van der Waals surface area contributed by atoms with Crippen LogP contribution in [0, 0.1) is 6.92 Å². The van der Waals surface area contributed by atoms with Crippen LogP contribution in [0.4, 0.5) is 5.69 Å². The van der Waals surface area contributed by atoms with Gasteiger partial charge in [-0.3, -0.25) is 9.48 Å². The molecule has 2 N–H and O–H groups in total. The van der Waals surface area contributed by atoms with Gasteiger partial charge in [-0.25, -0.2) is 0 Å². The van der Waals surface area contributed by atoms with Crippen LogP contribution in [0.5, 0.6) is 0 Å². The number of aryl methyl sites for hydroxylation is 2. The van der Waals surface area contributed by atoms with Crippen molar-refractivity contribution in [3.05, 3.63) is 47.3 Å². The highest BCUT2D eigenvalue weighted by Crippen LogP contribution is 2.22. The maximum absolute atomic E-state index is 12.5. The van der Waals surface area contributed by atoms with Crippen LogP contribution >= 0.6 is 0 Å². The summed E-state index contributed by atoms with van der Waals surface area (Å²) in [7, 11) is 3.49. The molecule has 1 heterocycles. The number of hydrogen-bond acceptors (Lipinski definition) is 3. The second kappa shape index (κ2) is 5.36. The zero-order valence-corrected chi connectivity index (χ0v) is 12.3. The molecule has 106 valence electrons. The Kier molecular flexibility index (Phi) is 3.79. The van der Waals surface area contributed by atoms with E-state index >= 15 is 0 Å². The fraction of sp³-hybridized carbons (Fsp3) is 0.333. The number of aromatic nitrogens is 2. The Balaban J connectivity index is 2.24. The van der Waals surface area contributed by atoms with Crippen molar-refractivity contribution in [2.45, 2.75) is 19.9 Å². The van der Waals surface area contributed by atoms with Gasteiger partial charge in [0, 0.05) is 14.1 Å². The molecule has 0 spiro atoms. The van der Waals surface area contributed by atoms with E-state index in [9.17, 15) is 4.79 Å². The van der Waals surface area contributed by atoms with Crippen molar-refractivity contribution >= 4 is 11.6 Å². The molecule has 2 rings (SSSR count). The second-order valence-corrected chi connectivity index (χ2v) is 5.07. The molecule has 1 aromatic carbocycles. The summed E-state index contributed by atoms with van der Waals surface area (Å²) in [6, 6.07) is 8.13. The Labute approximate surface area is 119 Å². The predicted molar refractivity (Wildman–Crippen MR) is 79.3 cm³/mol. The fourth-order valence-corrected chi connectivity index (χ4v) is 2.13. The highest BCUT2D eigenvalue weighted by atomic mass is 16.2. The molecule has 0 aliphatic heterocycles. The van der Waals surface area contributed by atoms with Crippen molar-refractivity contribution in [2.75, 3.05) is 12.8 Å². The van der Waals surface area contributed by atoms with Crippen LogP contribution in [0.2, 0.25) is 0 Å². The number of carbonyl (C=O) groups is 1. The van der Waals surface area contributed by atoms with Gasteiger partial charge in [0.15, 0.2) is 0 Å². The summed E-state index contributed by atoms with van der Waals surface area (Å²) in [5.41, 5.74) is 8.92. The molecule has 5 nitrogen and oxygen atoms in total. The molecule has 0 saturated carbocycles. The van der Waals surface area contributed by atoms with E-state index in [-0.39, 0.29) is 11.9 Å². The predicted octanol–water partition coefficient (Wildman–Crippen LogP) is 2.14. The zero-order chi connectivity index (χ0) is 14.9. The number of carbonyl (C=O) groups excluding carboxylic acids is 1. The minimum atomic E-state index is -0.129. The van der Waals surface area contributed by atoms with Gasteiger partial charge in [0.1, 0.15) is 5.69 Å². The lowest BCUT2D eigenvalue weighted by molar-refractivity contribution is 0.0732. The molecule has 0 saturated heterocycles. The summed E-state index contributed by atoms with van der Waals surface area (Å²) in [4.78, 5) is 14.2. The lowest BCUT2D eigenvalue weighted by Gasteiger charge is -2.25. The topological polar surface area (TPSA) is 64.2 Å². The number of nitrogens with zero attached hydrogens (tertiary/aromatic N) is 3. The molecule has 0 aliphatic rings. The summed E-state index contributed by atoms with van der Waals surface area (Å²) in [5, 5.41) is 4.01. The van der Waals surface area contributed by atoms with Gasteiger partial charge >= 0.3 is 0 Å². The molecule has 0 radical (unpaired) electrons. The normalized spacial score (nSPS) is 12.2. The molecule has 20 heavy (non-hydrogen) atoms. The smallest absolute Gasteiger partial charge is 0.274 e. The number of nitrogens with two attached hydrogens (primary N) is 1. The summed E-state index contributed by atoms with van der Waals surface area (Å²) in [6.07, 6.45) is 1.50. The van der Waals surface area contributed by atoms with Crippen molar-refractivity contribution in [3.63, 3.8) is 0 Å². The number of hydrogen-bond donors (Lipinski definition) is 1. The van der Waals surface area contributed by atoms with E-state index in [1.165, 1.54) is 16.4 Å². The van der Waals surface area contributed by atoms with Crippen LogP contribution in [0.15, 0.2) is 30.5 Å². The number of nitrogen functional groups attached to an aromatic ring is 1. The van der Waals surface area contributed by atoms with Crippen LogP contribution in [-0.4, -0.2) is 27.6 Å². The molecule has 2 aromatic rings. The Morgan fingerprint density at radius 1 is 1.35 bits per heavy atom. The Morgan fingerprint density at radius 3 is 2.45 bits per heavy atom. The average molecular weight is 272 g/mol. The summed E-state index contributed by atoms with van der Waals surface area (Å²) >= 11 is 0. The molecule has 0 aliphatic carbocycles. The monoisotopic (exact) mass is 272 g/mol. The van der Waals surface area contributed by atoms with E-state index < -0.39 is 0 Å². The van der Waals surface area contributed by atoms with E-state index in [0.29, 0.717) is 11.4 Å². The molecule has 1 atom stereocenters. The first-order chi connectivity index (χ1) is 9.41. The van der Waals surface area contributed by atoms with E-state index in [2.05, 4.69) is 5.10 Å². The van der Waals surface area contributed by atoms with Crippen molar-refractivity contribution in [1.82, 2.24) is 14.7 Å². The highest BCUT2D eigenvalue weighted by Gasteiger charge is 2.23. The van der Waals surface area contributed by atoms with Crippen molar-refractivity contribution in [2.24, 2.45) is 7.05 Å². The maximum Gasteiger partial charge on any atom is 0.274 e. The molecular weight excluding hydrogens is 252 g/mol. The molecule has 1 amide bonds. The van der Waals surface area contributed by atoms with Crippen molar-refractivity contribution < 1.29 is 4.79 Å². The van der Waals surface area contributed by atoms with Crippen molar-refractivity contribution in [3.8, 4) is 0 Å². The van der Waals surface area contributed by atoms with Gasteiger partial charge in [-0.15, -0.1) is 0 Å². The quantitative estimate of drug-likeness (QED) is 0.931. The molecule has 0 fully saturated rings. The Morgan fingerprint density at radius 2 is 1.95 bits per heavy atom. The number of anilines is 1. The molecule has 1 unspecified atom stereocenters. The van der Waals surface area contributed by atoms with Crippen LogP contribution in [-0.2, 0) is 7.05 Å². The number of benzene rings is 1. The van der Waals surface area contributed by atoms with E-state index in [1.807, 2.05) is 38.1 Å². The lowest BCUT2D eigenvalue weighted by atomic mass is 10.1. The van der Waals surface area contributed by atoms with E-state index in [0.717, 1.165) is 5.56 Å². The SMILES string of the molecule is Cc1ccc(C(C)N(C)C(=O)c2c(N)cnn2C)cc1. The van der Waals surface area contributed by atoms with Crippen LogP contribution in [0.3, 0.4) is 0 Å². The zero-order valence-electron chi connectivity index (χ0n) is 12.3. The molecule has 0 bridgehead atoms. The minimum Gasteiger partial charge on any atom is -0.396 e. The third kappa shape index (κ3) is 2.52. The molecule has 1 aromatic heterocycles. The minimum absolute atomic E-state index is 0.0302. The van der Waals surface area contributed by atoms with Gasteiger partial charge in [-0.1, -0.05) is 29.8 Å². The second-order valence-electron chi connectivity index (χ2n) is 5.07. The van der Waals surface area contributed by atoms with Gasteiger partial charge < -0.3 is 10.6 Å². The van der Waals surface area contributed by atoms with Gasteiger partial charge in [0.25, 0.3) is 5.91 Å². The van der Waals surface area contributed by atoms with Gasteiger partial charge in [0.2, 0.25) is 0 Å². The average Bonchev–Trinajstić information content (AvgIpc) is 2.76. The lowest BCUT2D eigenvalue weighted by Crippen LogP contribution is -2.31. The van der Waals surface area contributed by atoms with Crippen LogP contribution < -0.4 is 5.73 Å². The third-order valence-electron chi connectivity index (χ3n) is 3.63. The van der Waals surface area contributed by atoms with Gasteiger partial charge in [0.05, 0.1) is 17.9 Å². The largest absolute Gasteiger partial charge is 0.396 e. The number of rotatable bonds is 3. The third-order valence-corrected chi connectivity index (χ3v) is 3.63. The molecular formula is C15H20N4O. The Hall–Kier alpha value is -2.30. The fourth-order valence-electron chi connectivity index (χ4n) is 2.13. The Bertz CT molecular complexity index is 596. The van der Waals surface area contributed by atoms with E-state index in [1.54, 1.807) is 19.0 Å². The van der Waals surface area contributed by atoms with Gasteiger partial charge in [-0.05, 0) is 19.4 Å². The summed E-state index contributed by atoms with van der Waals surface area (Å²) < 4.78 is 1.51. The summed E-state index contributed by atoms with van der Waals surface area (Å²) in [5.74, 6) is -0.129. The van der Waals surface area contributed by atoms with Gasteiger partial charge in [-0.2, -0.15) is 5.10 Å². The highest BCUT2D eigenvalue weighted by molar-refractivity contribution is 5.97. The standard InChI is InChI=1S/C15H20N4O/c1-10-5-7-12(8-6-10)11(2)18(3)15(20)14-13(16)9-17-19(14)4/h5-9,11H,16H2,1-4H3. The van der Waals surface area contributed by atoms with Crippen LogP contribution in [0.1, 0.15) is 34.6 Å². The van der Waals surface area contributed by atoms with Crippen LogP contribution in [0.25, 0.3) is 0 Å². The van der Waals surface area contributed by atoms with Crippen molar-refractivity contribution in [1.29, 1.82) is 0 Å².